The van der Waals surface area contributed by atoms with E-state index in [0.717, 1.165) is 11.8 Å². The van der Waals surface area contributed by atoms with Gasteiger partial charge in [0.25, 0.3) is 0 Å². The molecule has 0 aromatic carbocycles. The van der Waals surface area contributed by atoms with Crippen LogP contribution >= 0.6 is 0 Å². The number of nitrogens with two attached hydrogens (primary N) is 1. The fourth-order valence-electron chi connectivity index (χ4n) is 2.98. The maximum atomic E-state index is 6.06. The molecule has 1 heterocycles. The summed E-state index contributed by atoms with van der Waals surface area (Å²) in [5.74, 6) is 1.59. The molecular weight excluding hydrogens is 136 g/mol. The van der Waals surface area contributed by atoms with E-state index in [2.05, 4.69) is 19.2 Å². The van der Waals surface area contributed by atoms with E-state index in [9.17, 15) is 0 Å². The molecule has 3 N–H and O–H groups in total. The summed E-state index contributed by atoms with van der Waals surface area (Å²) in [6.45, 7) is 5.75. The minimum Gasteiger partial charge on any atom is -0.327 e. The Labute approximate surface area is 68.5 Å². The first-order valence-corrected chi connectivity index (χ1v) is 4.62. The van der Waals surface area contributed by atoms with Crippen LogP contribution in [0.1, 0.15) is 26.7 Å². The highest BCUT2D eigenvalue weighted by molar-refractivity contribution is 5.05. The van der Waals surface area contributed by atoms with E-state index < -0.39 is 0 Å². The van der Waals surface area contributed by atoms with Gasteiger partial charge in [-0.2, -0.15) is 0 Å². The van der Waals surface area contributed by atoms with E-state index >= 15 is 0 Å². The molecular formula is C9H18N2. The zero-order chi connectivity index (χ0) is 8.06. The summed E-state index contributed by atoms with van der Waals surface area (Å²) in [6.07, 6.45) is 2.57. The minimum absolute atomic E-state index is 0.292. The first-order valence-electron chi connectivity index (χ1n) is 4.62. The van der Waals surface area contributed by atoms with Crippen molar-refractivity contribution in [3.8, 4) is 0 Å². The molecule has 64 valence electrons. The molecule has 11 heavy (non-hydrogen) atoms. The minimum atomic E-state index is 0.292. The van der Waals surface area contributed by atoms with Gasteiger partial charge in [0.15, 0.2) is 0 Å². The summed E-state index contributed by atoms with van der Waals surface area (Å²) >= 11 is 0. The molecule has 3 atom stereocenters. The number of hydrogen-bond acceptors (Lipinski definition) is 2. The zero-order valence-corrected chi connectivity index (χ0v) is 7.43. The van der Waals surface area contributed by atoms with Crippen LogP contribution in [0.15, 0.2) is 0 Å². The highest BCUT2D eigenvalue weighted by Crippen LogP contribution is 2.42. The van der Waals surface area contributed by atoms with Gasteiger partial charge in [0.05, 0.1) is 0 Å². The molecule has 0 bridgehead atoms. The summed E-state index contributed by atoms with van der Waals surface area (Å²) < 4.78 is 0. The predicted octanol–water partition coefficient (Wildman–Crippen LogP) is 0.722. The van der Waals surface area contributed by atoms with Gasteiger partial charge < -0.3 is 11.1 Å². The van der Waals surface area contributed by atoms with Gasteiger partial charge in [-0.05, 0) is 45.1 Å². The predicted molar refractivity (Wildman–Crippen MR) is 46.3 cm³/mol. The number of nitrogens with one attached hydrogen (secondary N) is 1. The quantitative estimate of drug-likeness (QED) is 0.539. The first-order chi connectivity index (χ1) is 5.11. The lowest BCUT2D eigenvalue weighted by atomic mass is 9.83. The van der Waals surface area contributed by atoms with Crippen molar-refractivity contribution in [1.29, 1.82) is 0 Å². The molecule has 1 aliphatic heterocycles. The molecule has 2 nitrogen and oxygen atoms in total. The molecule has 1 aliphatic carbocycles. The van der Waals surface area contributed by atoms with E-state index in [1.54, 1.807) is 0 Å². The summed E-state index contributed by atoms with van der Waals surface area (Å²) in [6, 6.07) is 0.449. The second kappa shape index (κ2) is 2.20. The zero-order valence-electron chi connectivity index (χ0n) is 7.43. The van der Waals surface area contributed by atoms with Crippen LogP contribution in [0.25, 0.3) is 0 Å². The van der Waals surface area contributed by atoms with Gasteiger partial charge in [-0.15, -0.1) is 0 Å². The van der Waals surface area contributed by atoms with Crippen molar-refractivity contribution < 1.29 is 0 Å². The van der Waals surface area contributed by atoms with E-state index in [4.69, 9.17) is 5.73 Å². The molecule has 0 aromatic rings. The molecule has 2 aliphatic rings. The molecule has 2 fully saturated rings. The molecule has 0 spiro atoms. The summed E-state index contributed by atoms with van der Waals surface area (Å²) in [4.78, 5) is 0. The van der Waals surface area contributed by atoms with E-state index in [1.165, 1.54) is 19.4 Å². The Balaban J connectivity index is 2.20. The molecule has 2 rings (SSSR count). The highest BCUT2D eigenvalue weighted by atomic mass is 15.0. The Morgan fingerprint density at radius 2 is 2.09 bits per heavy atom. The van der Waals surface area contributed by atoms with Crippen LogP contribution in [0, 0.1) is 11.8 Å². The van der Waals surface area contributed by atoms with Gasteiger partial charge in [-0.1, -0.05) is 0 Å². The van der Waals surface area contributed by atoms with Crippen molar-refractivity contribution >= 4 is 0 Å². The van der Waals surface area contributed by atoms with E-state index in [0.29, 0.717) is 11.6 Å². The topological polar surface area (TPSA) is 38.0 Å². The fraction of sp³-hybridized carbons (Fsp3) is 1.00. The first kappa shape index (κ1) is 7.56. The largest absolute Gasteiger partial charge is 0.327 e. The van der Waals surface area contributed by atoms with Gasteiger partial charge in [0, 0.05) is 11.6 Å². The van der Waals surface area contributed by atoms with Crippen LogP contribution in [-0.2, 0) is 0 Å². The van der Waals surface area contributed by atoms with Crippen LogP contribution in [-0.4, -0.2) is 18.1 Å². The van der Waals surface area contributed by atoms with Crippen molar-refractivity contribution in [3.63, 3.8) is 0 Å². The third-order valence-electron chi connectivity index (χ3n) is 3.49. The van der Waals surface area contributed by atoms with Gasteiger partial charge >= 0.3 is 0 Å². The van der Waals surface area contributed by atoms with Crippen LogP contribution < -0.4 is 11.1 Å². The Bertz CT molecular complexity index is 165. The Morgan fingerprint density at radius 3 is 2.73 bits per heavy atom. The van der Waals surface area contributed by atoms with Crippen molar-refractivity contribution in [3.05, 3.63) is 0 Å². The third-order valence-corrected chi connectivity index (χ3v) is 3.49. The smallest absolute Gasteiger partial charge is 0.0171 e. The van der Waals surface area contributed by atoms with Crippen LogP contribution in [0.5, 0.6) is 0 Å². The van der Waals surface area contributed by atoms with Crippen molar-refractivity contribution in [2.24, 2.45) is 17.6 Å². The summed E-state index contributed by atoms with van der Waals surface area (Å²) in [5.41, 5.74) is 6.35. The van der Waals surface area contributed by atoms with Gasteiger partial charge in [-0.3, -0.25) is 0 Å². The fourth-order valence-corrected chi connectivity index (χ4v) is 2.98. The molecule has 1 saturated carbocycles. The van der Waals surface area contributed by atoms with E-state index in [-0.39, 0.29) is 0 Å². The average molecular weight is 154 g/mol. The second-order valence-electron chi connectivity index (χ2n) is 4.63. The molecule has 3 unspecified atom stereocenters. The van der Waals surface area contributed by atoms with Crippen molar-refractivity contribution in [1.82, 2.24) is 5.32 Å². The van der Waals surface area contributed by atoms with Gasteiger partial charge in [-0.25, -0.2) is 0 Å². The third kappa shape index (κ3) is 1.00. The normalized spacial score (nSPS) is 47.7. The molecule has 0 aromatic heterocycles. The maximum absolute atomic E-state index is 6.06. The molecule has 0 amide bonds. The monoisotopic (exact) mass is 154 g/mol. The second-order valence-corrected chi connectivity index (χ2v) is 4.63. The highest BCUT2D eigenvalue weighted by Gasteiger charge is 2.47. The maximum Gasteiger partial charge on any atom is 0.0171 e. The van der Waals surface area contributed by atoms with Crippen LogP contribution in [0.4, 0.5) is 0 Å². The van der Waals surface area contributed by atoms with Gasteiger partial charge in [0.1, 0.15) is 0 Å². The lowest BCUT2D eigenvalue weighted by Crippen LogP contribution is -2.45. The molecule has 0 radical (unpaired) electrons. The van der Waals surface area contributed by atoms with Crippen LogP contribution in [0.2, 0.25) is 0 Å². The SMILES string of the molecule is CC1(C)NCC2CCC(N)C21. The Kier molecular flexibility index (Phi) is 1.52. The number of fused-ring (bicyclic) bond motifs is 1. The number of rotatable bonds is 0. The number of hydrogen-bond donors (Lipinski definition) is 2. The lowest BCUT2D eigenvalue weighted by Gasteiger charge is -2.29. The van der Waals surface area contributed by atoms with Gasteiger partial charge in [0.2, 0.25) is 0 Å². The Hall–Kier alpha value is -0.0800. The summed E-state index contributed by atoms with van der Waals surface area (Å²) in [7, 11) is 0. The van der Waals surface area contributed by atoms with Crippen LogP contribution in [0.3, 0.4) is 0 Å². The average Bonchev–Trinajstić information content (AvgIpc) is 2.38. The lowest BCUT2D eigenvalue weighted by molar-refractivity contribution is 0.287. The molecule has 2 heteroatoms. The van der Waals surface area contributed by atoms with E-state index in [1.807, 2.05) is 0 Å². The Morgan fingerprint density at radius 1 is 1.36 bits per heavy atom. The van der Waals surface area contributed by atoms with Crippen molar-refractivity contribution in [2.75, 3.05) is 6.54 Å². The summed E-state index contributed by atoms with van der Waals surface area (Å²) in [5, 5.41) is 3.55. The standard InChI is InChI=1S/C9H18N2/c1-9(2)8-6(5-11-9)3-4-7(8)10/h6-8,11H,3-5,10H2,1-2H3. The van der Waals surface area contributed by atoms with Crippen molar-refractivity contribution in [2.45, 2.75) is 38.3 Å². The molecule has 1 saturated heterocycles.